The molecule has 3 N–H and O–H groups in total. The summed E-state index contributed by atoms with van der Waals surface area (Å²) in [7, 11) is 0. The number of amides is 1. The molecule has 0 bridgehead atoms. The number of carbonyl (C=O) groups is 1. The van der Waals surface area contributed by atoms with Gasteiger partial charge in [-0.1, -0.05) is 15.9 Å². The van der Waals surface area contributed by atoms with Crippen LogP contribution in [-0.4, -0.2) is 31.2 Å². The highest BCUT2D eigenvalue weighted by atomic mass is 79.9. The smallest absolute Gasteiger partial charge is 0.240 e. The number of nitrogens with two attached hydrogens (primary N) is 1. The summed E-state index contributed by atoms with van der Waals surface area (Å²) in [4.78, 5) is 12.1. The molecular weight excluding hydrogens is 327 g/mol. The van der Waals surface area contributed by atoms with Crippen molar-refractivity contribution >= 4 is 21.8 Å². The summed E-state index contributed by atoms with van der Waals surface area (Å²) in [5, 5.41) is 2.79. The summed E-state index contributed by atoms with van der Waals surface area (Å²) in [6.07, 6.45) is 1.47. The van der Waals surface area contributed by atoms with Crippen LogP contribution in [0.25, 0.3) is 0 Å². The molecule has 0 unspecified atom stereocenters. The Kier molecular flexibility index (Phi) is 5.12. The molecule has 1 aromatic rings. The molecule has 0 aliphatic carbocycles. The summed E-state index contributed by atoms with van der Waals surface area (Å²) in [5.41, 5.74) is 5.78. The Morgan fingerprint density at radius 2 is 2.15 bits per heavy atom. The molecule has 0 aromatic heterocycles. The molecule has 1 aromatic carbocycles. The molecule has 6 heteroatoms. The maximum absolute atomic E-state index is 13.5. The van der Waals surface area contributed by atoms with Crippen molar-refractivity contribution in [2.45, 2.75) is 24.8 Å². The van der Waals surface area contributed by atoms with Crippen LogP contribution in [0.3, 0.4) is 0 Å². The highest BCUT2D eigenvalue weighted by Crippen LogP contribution is 2.18. The summed E-state index contributed by atoms with van der Waals surface area (Å²) >= 11 is 3.30. The first-order valence-electron chi connectivity index (χ1n) is 6.60. The van der Waals surface area contributed by atoms with Crippen LogP contribution in [0, 0.1) is 5.82 Å². The summed E-state index contributed by atoms with van der Waals surface area (Å²) < 4.78 is 19.6. The van der Waals surface area contributed by atoms with Gasteiger partial charge in [0.2, 0.25) is 5.91 Å². The molecule has 20 heavy (non-hydrogen) atoms. The maximum Gasteiger partial charge on any atom is 0.240 e. The van der Waals surface area contributed by atoms with Gasteiger partial charge in [-0.05, 0) is 43.0 Å². The van der Waals surface area contributed by atoms with E-state index in [2.05, 4.69) is 21.2 Å². The number of halogens is 2. The van der Waals surface area contributed by atoms with Gasteiger partial charge in [-0.2, -0.15) is 0 Å². The van der Waals surface area contributed by atoms with Crippen molar-refractivity contribution in [1.82, 2.24) is 5.32 Å². The van der Waals surface area contributed by atoms with Crippen molar-refractivity contribution < 1.29 is 13.9 Å². The third kappa shape index (κ3) is 3.77. The first kappa shape index (κ1) is 15.4. The van der Waals surface area contributed by atoms with Crippen molar-refractivity contribution in [3.8, 4) is 0 Å². The van der Waals surface area contributed by atoms with Crippen LogP contribution in [0.2, 0.25) is 0 Å². The van der Waals surface area contributed by atoms with Gasteiger partial charge in [-0.3, -0.25) is 4.79 Å². The van der Waals surface area contributed by atoms with Gasteiger partial charge >= 0.3 is 0 Å². The molecule has 1 aliphatic heterocycles. The van der Waals surface area contributed by atoms with E-state index < -0.39 is 5.54 Å². The van der Waals surface area contributed by atoms with Crippen LogP contribution >= 0.6 is 15.9 Å². The molecule has 110 valence electrons. The third-order valence-electron chi connectivity index (χ3n) is 3.52. The van der Waals surface area contributed by atoms with Crippen molar-refractivity contribution in [3.05, 3.63) is 34.1 Å². The lowest BCUT2D eigenvalue weighted by atomic mass is 9.90. The fourth-order valence-corrected chi connectivity index (χ4v) is 2.59. The van der Waals surface area contributed by atoms with E-state index in [4.69, 9.17) is 10.5 Å². The van der Waals surface area contributed by atoms with Crippen LogP contribution in [0.4, 0.5) is 4.39 Å². The predicted molar refractivity (Wildman–Crippen MR) is 77.8 cm³/mol. The van der Waals surface area contributed by atoms with E-state index in [0.29, 0.717) is 44.6 Å². The van der Waals surface area contributed by atoms with Crippen molar-refractivity contribution in [2.24, 2.45) is 5.73 Å². The van der Waals surface area contributed by atoms with E-state index in [1.807, 2.05) is 0 Å². The SMILES string of the molecule is NC1(C(=O)NCCc2cc(Br)ccc2F)CCOCC1. The van der Waals surface area contributed by atoms with Gasteiger partial charge in [0, 0.05) is 24.2 Å². The largest absolute Gasteiger partial charge is 0.381 e. The van der Waals surface area contributed by atoms with E-state index in [1.165, 1.54) is 6.07 Å². The Hall–Kier alpha value is -0.980. The summed E-state index contributed by atoms with van der Waals surface area (Å²) in [5.74, 6) is -0.452. The molecule has 1 heterocycles. The summed E-state index contributed by atoms with van der Waals surface area (Å²) in [6, 6.07) is 4.77. The molecule has 0 saturated carbocycles. The van der Waals surface area contributed by atoms with E-state index in [0.717, 1.165) is 4.47 Å². The minimum absolute atomic E-state index is 0.184. The molecule has 1 saturated heterocycles. The van der Waals surface area contributed by atoms with Crippen LogP contribution in [0.5, 0.6) is 0 Å². The number of carbonyl (C=O) groups excluding carboxylic acids is 1. The second-order valence-corrected chi connectivity index (χ2v) is 5.93. The number of hydrogen-bond acceptors (Lipinski definition) is 3. The van der Waals surface area contributed by atoms with Gasteiger partial charge in [0.05, 0.1) is 5.54 Å². The standard InChI is InChI=1S/C14H18BrFN2O2/c15-11-1-2-12(16)10(9-11)3-6-18-13(19)14(17)4-7-20-8-5-14/h1-2,9H,3-8,17H2,(H,18,19). The molecular formula is C14H18BrFN2O2. The number of benzene rings is 1. The topological polar surface area (TPSA) is 64.4 Å². The van der Waals surface area contributed by atoms with Gasteiger partial charge in [-0.15, -0.1) is 0 Å². The van der Waals surface area contributed by atoms with Gasteiger partial charge in [0.1, 0.15) is 5.82 Å². The Labute approximate surface area is 126 Å². The molecule has 2 rings (SSSR count). The lowest BCUT2D eigenvalue weighted by Crippen LogP contribution is -2.57. The lowest BCUT2D eigenvalue weighted by molar-refractivity contribution is -0.129. The van der Waals surface area contributed by atoms with E-state index in [9.17, 15) is 9.18 Å². The van der Waals surface area contributed by atoms with E-state index in [1.54, 1.807) is 12.1 Å². The first-order chi connectivity index (χ1) is 9.51. The van der Waals surface area contributed by atoms with Crippen LogP contribution in [-0.2, 0) is 16.0 Å². The van der Waals surface area contributed by atoms with Crippen LogP contribution < -0.4 is 11.1 Å². The fraction of sp³-hybridized carbons (Fsp3) is 0.500. The molecule has 0 atom stereocenters. The average Bonchev–Trinajstić information content (AvgIpc) is 2.43. The zero-order valence-electron chi connectivity index (χ0n) is 11.1. The normalized spacial score (nSPS) is 17.8. The average molecular weight is 345 g/mol. The number of ether oxygens (including phenoxy) is 1. The van der Waals surface area contributed by atoms with Crippen LogP contribution in [0.1, 0.15) is 18.4 Å². The molecule has 1 fully saturated rings. The lowest BCUT2D eigenvalue weighted by Gasteiger charge is -2.31. The minimum atomic E-state index is -0.853. The Bertz CT molecular complexity index is 490. The molecule has 4 nitrogen and oxygen atoms in total. The first-order valence-corrected chi connectivity index (χ1v) is 7.39. The molecule has 1 aliphatic rings. The zero-order chi connectivity index (χ0) is 14.6. The van der Waals surface area contributed by atoms with Gasteiger partial charge in [-0.25, -0.2) is 4.39 Å². The fourth-order valence-electron chi connectivity index (χ4n) is 2.18. The Balaban J connectivity index is 1.86. The molecule has 0 radical (unpaired) electrons. The predicted octanol–water partition coefficient (Wildman–Crippen LogP) is 1.75. The van der Waals surface area contributed by atoms with E-state index in [-0.39, 0.29) is 11.7 Å². The monoisotopic (exact) mass is 344 g/mol. The van der Waals surface area contributed by atoms with E-state index >= 15 is 0 Å². The second-order valence-electron chi connectivity index (χ2n) is 5.01. The number of hydrogen-bond donors (Lipinski definition) is 2. The van der Waals surface area contributed by atoms with Crippen molar-refractivity contribution in [2.75, 3.05) is 19.8 Å². The molecule has 0 spiro atoms. The highest BCUT2D eigenvalue weighted by molar-refractivity contribution is 9.10. The highest BCUT2D eigenvalue weighted by Gasteiger charge is 2.35. The van der Waals surface area contributed by atoms with Crippen LogP contribution in [0.15, 0.2) is 22.7 Å². The van der Waals surface area contributed by atoms with Crippen molar-refractivity contribution in [1.29, 1.82) is 0 Å². The summed E-state index contributed by atoms with van der Waals surface area (Å²) in [6.45, 7) is 1.38. The van der Waals surface area contributed by atoms with Gasteiger partial charge in [0.25, 0.3) is 0 Å². The quantitative estimate of drug-likeness (QED) is 0.874. The Morgan fingerprint density at radius 3 is 2.85 bits per heavy atom. The third-order valence-corrected chi connectivity index (χ3v) is 4.02. The second kappa shape index (κ2) is 6.65. The van der Waals surface area contributed by atoms with Crippen molar-refractivity contribution in [3.63, 3.8) is 0 Å². The Morgan fingerprint density at radius 1 is 1.45 bits per heavy atom. The minimum Gasteiger partial charge on any atom is -0.381 e. The molecule has 1 amide bonds. The van der Waals surface area contributed by atoms with Gasteiger partial charge < -0.3 is 15.8 Å². The maximum atomic E-state index is 13.5. The number of nitrogens with one attached hydrogen (secondary N) is 1. The number of rotatable bonds is 4. The van der Waals surface area contributed by atoms with Gasteiger partial charge in [0.15, 0.2) is 0 Å². The zero-order valence-corrected chi connectivity index (χ0v) is 12.7.